The van der Waals surface area contributed by atoms with Crippen LogP contribution in [0.5, 0.6) is 0 Å². The van der Waals surface area contributed by atoms with Gasteiger partial charge < -0.3 is 0 Å². The molecule has 0 aliphatic carbocycles. The van der Waals surface area contributed by atoms with Crippen molar-refractivity contribution in [3.05, 3.63) is 36.5 Å². The third kappa shape index (κ3) is 47.4. The minimum atomic E-state index is -5.09. The molecule has 7 nitrogen and oxygen atoms in total. The van der Waals surface area contributed by atoms with Gasteiger partial charge in [-0.05, 0) is 19.3 Å². The molecule has 0 rings (SSSR count). The molecule has 8 heteroatoms. The third-order valence-electron chi connectivity index (χ3n) is 12.4. The van der Waals surface area contributed by atoms with Crippen molar-refractivity contribution in [2.24, 2.45) is 0 Å². The van der Waals surface area contributed by atoms with Gasteiger partial charge in [0.25, 0.3) is 0 Å². The summed E-state index contributed by atoms with van der Waals surface area (Å²) in [6.07, 6.45) is 61.7. The van der Waals surface area contributed by atoms with Crippen LogP contribution in [0.4, 0.5) is 0 Å². The number of hydrogen-bond donors (Lipinski definition) is 0. The molecule has 0 aromatic rings. The quantitative estimate of drug-likeness (QED) is 0.0341. The minimum absolute atomic E-state index is 0.180. The van der Waals surface area contributed by atoms with Gasteiger partial charge in [-0.2, -0.15) is 0 Å². The van der Waals surface area contributed by atoms with Crippen LogP contribution in [0, 0.1) is 0 Å². The van der Waals surface area contributed by atoms with Gasteiger partial charge in [0.15, 0.2) is 0 Å². The van der Waals surface area contributed by atoms with Gasteiger partial charge in [0, 0.05) is 0 Å². The molecule has 0 unspecified atom stereocenters. The first-order valence-corrected chi connectivity index (χ1v) is 31.2. The van der Waals surface area contributed by atoms with Crippen LogP contribution in [0.15, 0.2) is 36.5 Å². The molecule has 0 heterocycles. The van der Waals surface area contributed by atoms with Crippen molar-refractivity contribution in [2.45, 2.75) is 310 Å². The molecule has 0 atom stereocenters. The van der Waals surface area contributed by atoms with Crippen LogP contribution >= 0.6 is 0 Å². The average molecular weight is 965 g/mol. The molecule has 0 fully saturated rings. The van der Waals surface area contributed by atoms with Gasteiger partial charge >= 0.3 is 281 Å². The molecule has 0 N–H and O–H groups in total. The first-order chi connectivity index (χ1) is 32.4. The van der Waals surface area contributed by atoms with Gasteiger partial charge in [0.2, 0.25) is 0 Å². The fraction of sp³-hybridized carbons (Fsp3) is 0.845. The van der Waals surface area contributed by atoms with E-state index in [4.69, 9.17) is 13.3 Å². The Bertz CT molecular complexity index is 1020. The molecule has 0 bridgehead atoms. The minimum Gasteiger partial charge on any atom is -0.0654 e. The summed E-state index contributed by atoms with van der Waals surface area (Å²) in [6, 6.07) is 0. The van der Waals surface area contributed by atoms with E-state index in [1.165, 1.54) is 135 Å². The smallest absolute Gasteiger partial charge is 0.0654 e. The Hall–Kier alpha value is -1.70. The van der Waals surface area contributed by atoms with E-state index < -0.39 is 36.0 Å². The van der Waals surface area contributed by atoms with E-state index in [0.29, 0.717) is 25.7 Å². The molecule has 0 saturated heterocycles. The maximum atomic E-state index is 13.3. The number of hydrogen-bond acceptors (Lipinski definition) is 7. The van der Waals surface area contributed by atoms with Gasteiger partial charge in [-0.25, -0.2) is 0 Å². The zero-order valence-corrected chi connectivity index (χ0v) is 45.7. The number of rotatable bonds is 52. The van der Waals surface area contributed by atoms with Crippen molar-refractivity contribution in [1.29, 1.82) is 0 Å². The molecule has 0 aliphatic heterocycles. The van der Waals surface area contributed by atoms with E-state index >= 15 is 0 Å². The van der Waals surface area contributed by atoms with Crippen molar-refractivity contribution in [1.82, 2.24) is 0 Å². The van der Waals surface area contributed by atoms with E-state index in [1.807, 2.05) is 6.92 Å². The normalized spacial score (nSPS) is 12.0. The molecular formula is C58H108O7Ti. The summed E-state index contributed by atoms with van der Waals surface area (Å²) >= 11 is -5.09. The van der Waals surface area contributed by atoms with Crippen LogP contribution in [-0.2, 0) is 45.8 Å². The third-order valence-corrected chi connectivity index (χ3v) is 15.5. The van der Waals surface area contributed by atoms with Gasteiger partial charge in [-0.15, -0.1) is 0 Å². The van der Waals surface area contributed by atoms with Crippen LogP contribution in [0.25, 0.3) is 0 Å². The molecule has 0 saturated carbocycles. The van der Waals surface area contributed by atoms with E-state index in [1.54, 1.807) is 0 Å². The van der Waals surface area contributed by atoms with E-state index in [0.717, 1.165) is 103 Å². The van der Waals surface area contributed by atoms with E-state index in [9.17, 15) is 14.4 Å². The summed E-state index contributed by atoms with van der Waals surface area (Å²) < 4.78 is 23.9. The number of carbonyl (C=O) groups is 3. The molecule has 0 amide bonds. The van der Waals surface area contributed by atoms with Gasteiger partial charge in [0.1, 0.15) is 0 Å². The van der Waals surface area contributed by atoms with Crippen molar-refractivity contribution in [3.8, 4) is 0 Å². The number of allylic oxidation sites excluding steroid dienone is 6. The molecule has 0 spiro atoms. The first-order valence-electron chi connectivity index (χ1n) is 28.7. The fourth-order valence-corrected chi connectivity index (χ4v) is 11.0. The second kappa shape index (κ2) is 52.7. The fourth-order valence-electron chi connectivity index (χ4n) is 8.08. The summed E-state index contributed by atoms with van der Waals surface area (Å²) in [5.74, 6) is -1.52. The Morgan fingerprint density at radius 2 is 0.500 bits per heavy atom. The van der Waals surface area contributed by atoms with Gasteiger partial charge in [0.05, 0.1) is 0 Å². The first kappa shape index (κ1) is 64.3. The van der Waals surface area contributed by atoms with Crippen LogP contribution in [0.3, 0.4) is 0 Å². The average Bonchev–Trinajstić information content (AvgIpc) is 3.30. The molecule has 0 radical (unpaired) electrons. The number of unbranched alkanes of at least 4 members (excludes halogenated alkanes) is 34. The van der Waals surface area contributed by atoms with Crippen LogP contribution in [-0.4, -0.2) is 24.5 Å². The van der Waals surface area contributed by atoms with Crippen LogP contribution < -0.4 is 0 Å². The molecule has 0 aliphatic rings. The van der Waals surface area contributed by atoms with Crippen molar-refractivity contribution >= 4 is 17.9 Å². The summed E-state index contributed by atoms with van der Waals surface area (Å²) in [5.41, 5.74) is 0. The van der Waals surface area contributed by atoms with E-state index in [-0.39, 0.29) is 25.9 Å². The predicted molar refractivity (Wildman–Crippen MR) is 277 cm³/mol. The Morgan fingerprint density at radius 3 is 0.742 bits per heavy atom. The summed E-state index contributed by atoms with van der Waals surface area (Å²) in [4.78, 5) is 40.0. The Labute approximate surface area is 414 Å². The molecule has 386 valence electrons. The second-order valence-electron chi connectivity index (χ2n) is 19.1. The van der Waals surface area contributed by atoms with Crippen molar-refractivity contribution in [3.63, 3.8) is 0 Å². The van der Waals surface area contributed by atoms with Gasteiger partial charge in [-0.3, -0.25) is 0 Å². The SMILES string of the molecule is CCCCCCCC/C=C\CCCCCCCC(=O)[O][Ti]([O]CCCC)([O]C(=O)CCCCCCC/C=C\CCCCCCCC)[O]C(=O)CCCCCCC/C=C\CCCCCCCC. The molecular weight excluding hydrogens is 856 g/mol. The van der Waals surface area contributed by atoms with Gasteiger partial charge in [-0.1, -0.05) is 117 Å². The van der Waals surface area contributed by atoms with Crippen LogP contribution in [0.1, 0.15) is 310 Å². The summed E-state index contributed by atoms with van der Waals surface area (Å²) in [5, 5.41) is 0. The zero-order valence-electron chi connectivity index (χ0n) is 44.1. The van der Waals surface area contributed by atoms with E-state index in [2.05, 4.69) is 57.2 Å². The Balaban J connectivity index is 4.97. The summed E-state index contributed by atoms with van der Waals surface area (Å²) in [7, 11) is 0. The molecule has 0 aromatic carbocycles. The monoisotopic (exact) mass is 965 g/mol. The Kier molecular flexibility index (Phi) is 51.3. The zero-order chi connectivity index (χ0) is 48.1. The molecule has 66 heavy (non-hydrogen) atoms. The van der Waals surface area contributed by atoms with Crippen molar-refractivity contribution < 1.29 is 45.8 Å². The standard InChI is InChI=1S/3C18H34O2.C4H9O.Ti/c3*1-2-3-4-5-6-7-8-9-10-11-12-13-14-15-16-17-18(19)20;1-2-3-4-5;/h3*9-10H,2-8,11-17H2,1H3,(H,19,20);2-4H2,1H3;/q;;;-1;+4/p-3/b3*10-9-;;. The summed E-state index contributed by atoms with van der Waals surface area (Å²) in [6.45, 7) is 9.03. The topological polar surface area (TPSA) is 88.1 Å². The number of carbonyl (C=O) groups excluding carboxylic acids is 3. The second-order valence-corrected chi connectivity index (χ2v) is 22.1. The molecule has 0 aromatic heterocycles. The van der Waals surface area contributed by atoms with Crippen molar-refractivity contribution in [2.75, 3.05) is 6.61 Å². The maximum absolute atomic E-state index is 13.3. The predicted octanol–water partition coefficient (Wildman–Crippen LogP) is 19.4. The Morgan fingerprint density at radius 1 is 0.288 bits per heavy atom. The van der Waals surface area contributed by atoms with Crippen LogP contribution in [0.2, 0.25) is 0 Å².